The summed E-state index contributed by atoms with van der Waals surface area (Å²) in [5.41, 5.74) is 1.18. The third-order valence-electron chi connectivity index (χ3n) is 2.53. The van der Waals surface area contributed by atoms with Crippen molar-refractivity contribution in [1.29, 1.82) is 0 Å². The van der Waals surface area contributed by atoms with Gasteiger partial charge in [-0.15, -0.1) is 0 Å². The summed E-state index contributed by atoms with van der Waals surface area (Å²) in [6.45, 7) is 3.49. The minimum Gasteiger partial charge on any atom is -0.480 e. The van der Waals surface area contributed by atoms with Crippen molar-refractivity contribution in [1.82, 2.24) is 4.72 Å². The Bertz CT molecular complexity index is 625. The van der Waals surface area contributed by atoms with E-state index in [1.54, 1.807) is 38.1 Å². The second-order valence-corrected chi connectivity index (χ2v) is 6.63. The Morgan fingerprint density at radius 1 is 1.29 bits per heavy atom. The Balaban J connectivity index is 2.69. The molecule has 0 spiro atoms. The van der Waals surface area contributed by atoms with Crippen LogP contribution < -0.4 is 10.0 Å². The van der Waals surface area contributed by atoms with Crippen molar-refractivity contribution in [2.75, 3.05) is 11.1 Å². The normalized spacial score (nSPS) is 11.4. The third-order valence-corrected chi connectivity index (χ3v) is 3.74. The van der Waals surface area contributed by atoms with Crippen molar-refractivity contribution in [3.05, 3.63) is 29.8 Å². The number of hydrogen-bond donors (Lipinski definition) is 3. The Kier molecular flexibility index (Phi) is 5.86. The van der Waals surface area contributed by atoms with E-state index >= 15 is 0 Å². The van der Waals surface area contributed by atoms with Crippen molar-refractivity contribution in [2.45, 2.75) is 20.4 Å². The summed E-state index contributed by atoms with van der Waals surface area (Å²) in [6.07, 6.45) is 0. The molecule has 21 heavy (non-hydrogen) atoms. The average Bonchev–Trinajstić information content (AvgIpc) is 2.35. The van der Waals surface area contributed by atoms with E-state index in [4.69, 9.17) is 5.11 Å². The first-order valence-corrected chi connectivity index (χ1v) is 7.94. The van der Waals surface area contributed by atoms with Gasteiger partial charge < -0.3 is 10.4 Å². The third kappa shape index (κ3) is 6.37. The molecule has 0 heterocycles. The maximum absolute atomic E-state index is 11.6. The molecule has 0 aliphatic heterocycles. The minimum absolute atomic E-state index is 0.0407. The SMILES string of the molecule is CC(C)C(=O)Nc1cccc(CNS(=O)(=O)CC(=O)O)c1. The fourth-order valence-electron chi connectivity index (χ4n) is 1.45. The Hall–Kier alpha value is -1.93. The van der Waals surface area contributed by atoms with Crippen molar-refractivity contribution < 1.29 is 23.1 Å². The highest BCUT2D eigenvalue weighted by Gasteiger charge is 2.15. The Labute approximate surface area is 123 Å². The number of anilines is 1. The van der Waals surface area contributed by atoms with Crippen molar-refractivity contribution in [3.8, 4) is 0 Å². The van der Waals surface area contributed by atoms with Crippen molar-refractivity contribution >= 4 is 27.6 Å². The van der Waals surface area contributed by atoms with E-state index in [0.717, 1.165) is 0 Å². The molecule has 1 amide bonds. The van der Waals surface area contributed by atoms with E-state index in [1.165, 1.54) is 0 Å². The number of carbonyl (C=O) groups is 2. The molecule has 7 nitrogen and oxygen atoms in total. The van der Waals surface area contributed by atoms with Gasteiger partial charge in [-0.25, -0.2) is 13.1 Å². The topological polar surface area (TPSA) is 113 Å². The van der Waals surface area contributed by atoms with E-state index in [0.29, 0.717) is 11.3 Å². The molecule has 0 unspecified atom stereocenters. The van der Waals surface area contributed by atoms with Gasteiger partial charge in [0.2, 0.25) is 15.9 Å². The zero-order valence-corrected chi connectivity index (χ0v) is 12.6. The van der Waals surface area contributed by atoms with Gasteiger partial charge in [-0.2, -0.15) is 0 Å². The number of sulfonamides is 1. The highest BCUT2D eigenvalue weighted by atomic mass is 32.2. The van der Waals surface area contributed by atoms with Crippen LogP contribution in [0.5, 0.6) is 0 Å². The number of nitrogens with one attached hydrogen (secondary N) is 2. The molecular weight excluding hydrogens is 296 g/mol. The standard InChI is InChI=1S/C13H18N2O5S/c1-9(2)13(18)15-11-5-3-4-10(6-11)7-14-21(19,20)8-12(16)17/h3-6,9,14H,7-8H2,1-2H3,(H,15,18)(H,16,17). The lowest BCUT2D eigenvalue weighted by Gasteiger charge is -2.10. The van der Waals surface area contributed by atoms with Gasteiger partial charge in [0.15, 0.2) is 5.75 Å². The van der Waals surface area contributed by atoms with Crippen LogP contribution in [0.2, 0.25) is 0 Å². The first-order valence-electron chi connectivity index (χ1n) is 6.28. The van der Waals surface area contributed by atoms with Gasteiger partial charge >= 0.3 is 5.97 Å². The highest BCUT2D eigenvalue weighted by Crippen LogP contribution is 2.12. The summed E-state index contributed by atoms with van der Waals surface area (Å²) in [5, 5.41) is 11.2. The summed E-state index contributed by atoms with van der Waals surface area (Å²) >= 11 is 0. The summed E-state index contributed by atoms with van der Waals surface area (Å²) < 4.78 is 25.0. The number of carbonyl (C=O) groups excluding carboxylic acids is 1. The quantitative estimate of drug-likeness (QED) is 0.688. The van der Waals surface area contributed by atoms with Gasteiger partial charge in [-0.1, -0.05) is 26.0 Å². The maximum atomic E-state index is 11.6. The second-order valence-electron chi connectivity index (χ2n) is 4.82. The molecule has 0 saturated heterocycles. The number of rotatable bonds is 7. The molecule has 1 aromatic rings. The summed E-state index contributed by atoms with van der Waals surface area (Å²) in [5.74, 6) is -2.70. The first kappa shape index (κ1) is 17.1. The van der Waals surface area contributed by atoms with E-state index in [-0.39, 0.29) is 18.4 Å². The van der Waals surface area contributed by atoms with Crippen LogP contribution in [0, 0.1) is 5.92 Å². The molecule has 0 aliphatic rings. The average molecular weight is 314 g/mol. The van der Waals surface area contributed by atoms with Gasteiger partial charge in [-0.05, 0) is 17.7 Å². The molecule has 0 atom stereocenters. The largest absolute Gasteiger partial charge is 0.480 e. The second kappa shape index (κ2) is 7.19. The number of carboxylic acids is 1. The van der Waals surface area contributed by atoms with E-state index in [2.05, 4.69) is 10.0 Å². The molecule has 1 aromatic carbocycles. The molecule has 1 rings (SSSR count). The van der Waals surface area contributed by atoms with Gasteiger partial charge in [0.1, 0.15) is 0 Å². The molecule has 8 heteroatoms. The van der Waals surface area contributed by atoms with Crippen LogP contribution in [0.1, 0.15) is 19.4 Å². The van der Waals surface area contributed by atoms with Gasteiger partial charge in [0, 0.05) is 18.2 Å². The van der Waals surface area contributed by atoms with Crippen LogP contribution in [-0.4, -0.2) is 31.2 Å². The molecule has 116 valence electrons. The Morgan fingerprint density at radius 2 is 1.95 bits per heavy atom. The van der Waals surface area contributed by atoms with Gasteiger partial charge in [0.05, 0.1) is 0 Å². The van der Waals surface area contributed by atoms with E-state index in [1.807, 2.05) is 0 Å². The first-order chi connectivity index (χ1) is 9.69. The predicted octanol–water partition coefficient (Wildman–Crippen LogP) is 0.785. The summed E-state index contributed by atoms with van der Waals surface area (Å²) in [4.78, 5) is 22.0. The molecule has 0 bridgehead atoms. The van der Waals surface area contributed by atoms with Crippen LogP contribution in [0.4, 0.5) is 5.69 Å². The molecule has 0 fully saturated rings. The van der Waals surface area contributed by atoms with E-state index < -0.39 is 21.7 Å². The number of aliphatic carboxylic acids is 1. The van der Waals surface area contributed by atoms with Gasteiger partial charge in [0.25, 0.3) is 0 Å². The van der Waals surface area contributed by atoms with Crippen molar-refractivity contribution in [3.63, 3.8) is 0 Å². The monoisotopic (exact) mass is 314 g/mol. The molecule has 0 saturated carbocycles. The smallest absolute Gasteiger partial charge is 0.320 e. The highest BCUT2D eigenvalue weighted by molar-refractivity contribution is 7.90. The molecular formula is C13H18N2O5S. The number of amides is 1. The summed E-state index contributed by atoms with van der Waals surface area (Å²) in [6, 6.07) is 6.67. The van der Waals surface area contributed by atoms with Crippen LogP contribution >= 0.6 is 0 Å². The number of carboxylic acid groups (broad SMARTS) is 1. The lowest BCUT2D eigenvalue weighted by atomic mass is 10.1. The van der Waals surface area contributed by atoms with Crippen LogP contribution in [-0.2, 0) is 26.2 Å². The Morgan fingerprint density at radius 3 is 2.52 bits per heavy atom. The molecule has 0 radical (unpaired) electrons. The van der Waals surface area contributed by atoms with Crippen LogP contribution in [0.15, 0.2) is 24.3 Å². The van der Waals surface area contributed by atoms with Crippen LogP contribution in [0.3, 0.4) is 0 Å². The van der Waals surface area contributed by atoms with Crippen LogP contribution in [0.25, 0.3) is 0 Å². The predicted molar refractivity (Wildman–Crippen MR) is 78.2 cm³/mol. The van der Waals surface area contributed by atoms with Gasteiger partial charge in [-0.3, -0.25) is 9.59 Å². The maximum Gasteiger partial charge on any atom is 0.320 e. The zero-order valence-electron chi connectivity index (χ0n) is 11.8. The lowest BCUT2D eigenvalue weighted by Crippen LogP contribution is -2.29. The number of hydrogen-bond acceptors (Lipinski definition) is 4. The number of benzene rings is 1. The van der Waals surface area contributed by atoms with E-state index in [9.17, 15) is 18.0 Å². The molecule has 0 aromatic heterocycles. The molecule has 0 aliphatic carbocycles. The zero-order chi connectivity index (χ0) is 16.0. The summed E-state index contributed by atoms with van der Waals surface area (Å²) in [7, 11) is -3.87. The molecule has 3 N–H and O–H groups in total. The fraction of sp³-hybridized carbons (Fsp3) is 0.385. The fourth-order valence-corrected chi connectivity index (χ4v) is 2.27. The lowest BCUT2D eigenvalue weighted by molar-refractivity contribution is -0.134. The van der Waals surface area contributed by atoms with Crippen molar-refractivity contribution in [2.24, 2.45) is 5.92 Å². The minimum atomic E-state index is -3.87.